The Kier molecular flexibility index (Phi) is 8.39. The van der Waals surface area contributed by atoms with Crippen molar-refractivity contribution in [3.8, 4) is 22.9 Å². The minimum atomic E-state index is -5.09. The highest BCUT2D eigenvalue weighted by Gasteiger charge is 2.41. The highest BCUT2D eigenvalue weighted by Crippen LogP contribution is 2.53. The third-order valence-electron chi connectivity index (χ3n) is 8.65. The van der Waals surface area contributed by atoms with Gasteiger partial charge < -0.3 is 20.3 Å². The molecule has 3 aromatic heterocycles. The maximum Gasteiger partial charge on any atom is 0.417 e. The summed E-state index contributed by atoms with van der Waals surface area (Å²) in [5.41, 5.74) is 2.32. The zero-order valence-electron chi connectivity index (χ0n) is 25.8. The molecule has 1 fully saturated rings. The molecule has 2 aliphatic rings. The minimum absolute atomic E-state index is 0.0214. The zero-order valence-corrected chi connectivity index (χ0v) is 27.4. The fraction of sp³-hybridized carbons (Fsp3) is 0.242. The number of nitriles is 1. The number of thioether (sulfide) groups is 1. The number of hydrogen-bond donors (Lipinski definition) is 1. The second-order valence-corrected chi connectivity index (χ2v) is 13.5. The number of ether oxygens (including phenoxy) is 1. The van der Waals surface area contributed by atoms with Crippen LogP contribution in [0.4, 0.5) is 32.8 Å². The Balaban J connectivity index is 1.53. The maximum atomic E-state index is 16.0. The van der Waals surface area contributed by atoms with Crippen LogP contribution in [-0.2, 0) is 11.0 Å². The average Bonchev–Trinajstić information content (AvgIpc) is 3.44. The molecule has 0 saturated carbocycles. The van der Waals surface area contributed by atoms with Gasteiger partial charge in [-0.3, -0.25) is 14.3 Å². The molecule has 50 heavy (non-hydrogen) atoms. The van der Waals surface area contributed by atoms with Gasteiger partial charge in [-0.1, -0.05) is 6.58 Å². The van der Waals surface area contributed by atoms with E-state index >= 15 is 22.0 Å². The number of anilines is 2. The highest BCUT2D eigenvalue weighted by molar-refractivity contribution is 7.99. The lowest BCUT2D eigenvalue weighted by molar-refractivity contribution is -0.137. The van der Waals surface area contributed by atoms with Gasteiger partial charge in [-0.05, 0) is 24.3 Å². The van der Waals surface area contributed by atoms with E-state index in [-0.39, 0.29) is 86.7 Å². The molecule has 256 valence electrons. The first-order valence-corrected chi connectivity index (χ1v) is 16.9. The number of nitrogens with two attached hydrogens (primary N) is 1. The number of halogens is 5. The lowest BCUT2D eigenvalue weighted by Crippen LogP contribution is -2.49. The van der Waals surface area contributed by atoms with Crippen LogP contribution in [0.1, 0.15) is 17.2 Å². The third kappa shape index (κ3) is 5.48. The smallest absolute Gasteiger partial charge is 0.417 e. The molecule has 1 atom stereocenters. The van der Waals surface area contributed by atoms with Crippen LogP contribution < -0.4 is 21.1 Å². The van der Waals surface area contributed by atoms with Crippen molar-refractivity contribution in [3.63, 3.8) is 0 Å². The molecule has 0 spiro atoms. The maximum absolute atomic E-state index is 16.0. The number of nitrogens with zero attached hydrogens (tertiary/aromatic N) is 6. The van der Waals surface area contributed by atoms with Crippen molar-refractivity contribution in [1.29, 1.82) is 5.26 Å². The van der Waals surface area contributed by atoms with Gasteiger partial charge in [0, 0.05) is 77.2 Å². The summed E-state index contributed by atoms with van der Waals surface area (Å²) in [6.45, 7) is 4.12. The zero-order chi connectivity index (χ0) is 35.5. The number of rotatable bonds is 6. The minimum Gasteiger partial charge on any atom is -0.491 e. The Bertz CT molecular complexity index is 2310. The SMILES string of the molecule is C=CC(=O)N1CCN(c2nc(=O)n3c4c(c(-c5c(F)cc(F)c6sc(N)c(C#N)c56)c(C(F)(F)F)cc24)SCC3COc2ccncc2)CC1. The summed E-state index contributed by atoms with van der Waals surface area (Å²) in [7, 11) is 0. The van der Waals surface area contributed by atoms with Crippen molar-refractivity contribution >= 4 is 60.8 Å². The van der Waals surface area contributed by atoms with Gasteiger partial charge in [-0.15, -0.1) is 23.1 Å². The summed E-state index contributed by atoms with van der Waals surface area (Å²) in [4.78, 5) is 37.5. The van der Waals surface area contributed by atoms with Crippen LogP contribution in [0.2, 0.25) is 0 Å². The summed E-state index contributed by atoms with van der Waals surface area (Å²) in [5, 5.41) is 9.30. The van der Waals surface area contributed by atoms with E-state index in [1.54, 1.807) is 23.1 Å². The van der Waals surface area contributed by atoms with Gasteiger partial charge in [0.1, 0.15) is 40.9 Å². The van der Waals surface area contributed by atoms with Crippen LogP contribution in [0.3, 0.4) is 0 Å². The number of fused-ring (bicyclic) bond motifs is 1. The molecule has 10 nitrogen and oxygen atoms in total. The topological polar surface area (TPSA) is 130 Å². The van der Waals surface area contributed by atoms with Crippen LogP contribution in [0.5, 0.6) is 5.75 Å². The standard InChI is InChI=1S/C33H24F5N7O3S2/c1-2-23(46)43-7-9-44(10-8-43)31-18-11-20(33(36,37)38)25(26-21(34)12-22(35)28-24(26)19(13-39)30(40)50-28)29-27(18)45(32(47)42-31)16(15-49-29)14-48-17-3-5-41-6-4-17/h2-6,11-12,16H,1,7-10,14-15,40H2. The van der Waals surface area contributed by atoms with Crippen molar-refractivity contribution in [1.82, 2.24) is 19.4 Å². The second kappa shape index (κ2) is 12.6. The molecular weight excluding hydrogens is 702 g/mol. The third-order valence-corrected chi connectivity index (χ3v) is 10.9. The van der Waals surface area contributed by atoms with Crippen molar-refractivity contribution in [2.24, 2.45) is 0 Å². The molecule has 0 bridgehead atoms. The number of pyridine rings is 1. The molecule has 2 aliphatic heterocycles. The monoisotopic (exact) mass is 725 g/mol. The molecule has 7 rings (SSSR count). The fourth-order valence-electron chi connectivity index (χ4n) is 6.40. The molecule has 2 aromatic carbocycles. The number of alkyl halides is 3. The summed E-state index contributed by atoms with van der Waals surface area (Å²) in [5.74, 6) is -2.30. The quantitative estimate of drug-likeness (QED) is 0.166. The average molecular weight is 726 g/mol. The molecule has 0 aliphatic carbocycles. The summed E-state index contributed by atoms with van der Waals surface area (Å²) in [6.07, 6.45) is -0.899. The van der Waals surface area contributed by atoms with Crippen LogP contribution in [0.15, 0.2) is 59.0 Å². The van der Waals surface area contributed by atoms with E-state index in [4.69, 9.17) is 10.5 Å². The molecule has 0 radical (unpaired) electrons. The predicted molar refractivity (Wildman–Crippen MR) is 179 cm³/mol. The summed E-state index contributed by atoms with van der Waals surface area (Å²) in [6, 6.07) is 5.57. The number of benzene rings is 2. The molecule has 5 heterocycles. The summed E-state index contributed by atoms with van der Waals surface area (Å²) < 4.78 is 83.7. The van der Waals surface area contributed by atoms with E-state index in [9.17, 15) is 14.9 Å². The number of nitrogen functional groups attached to an aromatic ring is 1. The first kappa shape index (κ1) is 33.3. The molecule has 2 N–H and O–H groups in total. The van der Waals surface area contributed by atoms with Gasteiger partial charge in [0.05, 0.1) is 27.4 Å². The lowest BCUT2D eigenvalue weighted by Gasteiger charge is -2.37. The van der Waals surface area contributed by atoms with Crippen molar-refractivity contribution in [2.45, 2.75) is 17.1 Å². The van der Waals surface area contributed by atoms with Crippen LogP contribution in [0, 0.1) is 23.0 Å². The van der Waals surface area contributed by atoms with Crippen molar-refractivity contribution in [2.75, 3.05) is 49.2 Å². The van der Waals surface area contributed by atoms with E-state index in [1.807, 2.05) is 0 Å². The number of hydrogen-bond acceptors (Lipinski definition) is 10. The van der Waals surface area contributed by atoms with Gasteiger partial charge in [0.15, 0.2) is 0 Å². The molecule has 1 saturated heterocycles. The molecule has 1 unspecified atom stereocenters. The number of carbonyl (C=O) groups is 1. The van der Waals surface area contributed by atoms with Gasteiger partial charge in [0.2, 0.25) is 5.91 Å². The van der Waals surface area contributed by atoms with Gasteiger partial charge in [-0.2, -0.15) is 23.4 Å². The van der Waals surface area contributed by atoms with E-state index in [1.165, 1.54) is 21.9 Å². The first-order chi connectivity index (χ1) is 23.9. The molecular formula is C33H24F5N7O3S2. The van der Waals surface area contributed by atoms with Crippen LogP contribution in [-0.4, -0.2) is 63.9 Å². The largest absolute Gasteiger partial charge is 0.491 e. The first-order valence-electron chi connectivity index (χ1n) is 15.1. The normalized spacial score (nSPS) is 16.1. The van der Waals surface area contributed by atoms with E-state index in [0.29, 0.717) is 23.2 Å². The Hall–Kier alpha value is -5.21. The Labute approximate surface area is 288 Å². The van der Waals surface area contributed by atoms with E-state index < -0.39 is 46.2 Å². The Morgan fingerprint density at radius 3 is 2.52 bits per heavy atom. The van der Waals surface area contributed by atoms with Gasteiger partial charge in [-0.25, -0.2) is 13.6 Å². The Morgan fingerprint density at radius 2 is 1.86 bits per heavy atom. The highest BCUT2D eigenvalue weighted by atomic mass is 32.2. The van der Waals surface area contributed by atoms with E-state index in [0.717, 1.165) is 23.9 Å². The molecule has 5 aromatic rings. The van der Waals surface area contributed by atoms with Crippen LogP contribution >= 0.6 is 23.1 Å². The number of aromatic nitrogens is 3. The number of piperazine rings is 1. The fourth-order valence-corrected chi connectivity index (χ4v) is 8.64. The van der Waals surface area contributed by atoms with Gasteiger partial charge >= 0.3 is 11.9 Å². The van der Waals surface area contributed by atoms with E-state index in [2.05, 4.69) is 16.5 Å². The van der Waals surface area contributed by atoms with Crippen molar-refractivity contribution < 1.29 is 31.5 Å². The van der Waals surface area contributed by atoms with Crippen molar-refractivity contribution in [3.05, 3.63) is 82.6 Å². The second-order valence-electron chi connectivity index (χ2n) is 11.5. The van der Waals surface area contributed by atoms with Crippen LogP contribution in [0.25, 0.3) is 32.1 Å². The summed E-state index contributed by atoms with van der Waals surface area (Å²) >= 11 is 1.58. The molecule has 17 heteroatoms. The van der Waals surface area contributed by atoms with Gasteiger partial charge in [0.25, 0.3) is 0 Å². The lowest BCUT2D eigenvalue weighted by atomic mass is 9.92. The Morgan fingerprint density at radius 1 is 1.14 bits per heavy atom. The molecule has 1 amide bonds. The number of carbonyl (C=O) groups excluding carboxylic acids is 1. The predicted octanol–water partition coefficient (Wildman–Crippen LogP) is 5.98. The number of thiophene rings is 1. The number of amides is 1.